The maximum Gasteiger partial charge on any atom is 0.217 e. The molecule has 0 spiro atoms. The van der Waals surface area contributed by atoms with E-state index in [1.54, 1.807) is 6.92 Å². The van der Waals surface area contributed by atoms with Crippen LogP contribution in [0.4, 0.5) is 0 Å². The third-order valence-electron chi connectivity index (χ3n) is 3.17. The standard InChI is InChI=1S/C10H19NO/c1-7(11-8(2)12)10(3,4)9-5-6-9/h7,9H,5-6H2,1-4H3,(H,11,12)/t7-/m0/s1. The zero-order chi connectivity index (χ0) is 9.35. The van der Waals surface area contributed by atoms with Crippen molar-refractivity contribution in [3.05, 3.63) is 0 Å². The molecule has 1 rings (SSSR count). The van der Waals surface area contributed by atoms with Gasteiger partial charge < -0.3 is 5.32 Å². The molecule has 0 aliphatic heterocycles. The van der Waals surface area contributed by atoms with Gasteiger partial charge in [-0.3, -0.25) is 4.79 Å². The number of nitrogens with one attached hydrogen (secondary N) is 1. The van der Waals surface area contributed by atoms with Crippen LogP contribution in [0, 0.1) is 11.3 Å². The molecule has 0 bridgehead atoms. The fraction of sp³-hybridized carbons (Fsp3) is 0.900. The van der Waals surface area contributed by atoms with E-state index >= 15 is 0 Å². The van der Waals surface area contributed by atoms with Gasteiger partial charge in [-0.25, -0.2) is 0 Å². The number of carbonyl (C=O) groups excluding carboxylic acids is 1. The molecule has 1 saturated carbocycles. The van der Waals surface area contributed by atoms with Crippen LogP contribution in [-0.4, -0.2) is 11.9 Å². The van der Waals surface area contributed by atoms with E-state index in [0.29, 0.717) is 6.04 Å². The van der Waals surface area contributed by atoms with Gasteiger partial charge in [-0.15, -0.1) is 0 Å². The first-order valence-electron chi connectivity index (χ1n) is 4.71. The topological polar surface area (TPSA) is 29.1 Å². The van der Waals surface area contributed by atoms with E-state index in [0.717, 1.165) is 5.92 Å². The molecule has 0 unspecified atom stereocenters. The molecule has 70 valence electrons. The predicted octanol–water partition coefficient (Wildman–Crippen LogP) is 1.95. The number of amides is 1. The quantitative estimate of drug-likeness (QED) is 0.687. The Balaban J connectivity index is 2.48. The molecule has 1 N–H and O–H groups in total. The molecular formula is C10H19NO. The second-order valence-corrected chi connectivity index (χ2v) is 4.52. The molecule has 0 aromatic carbocycles. The Labute approximate surface area is 74.7 Å². The van der Waals surface area contributed by atoms with Crippen molar-refractivity contribution >= 4 is 5.91 Å². The van der Waals surface area contributed by atoms with Crippen molar-refractivity contribution in [1.82, 2.24) is 5.32 Å². The van der Waals surface area contributed by atoms with Gasteiger partial charge in [-0.05, 0) is 31.1 Å². The van der Waals surface area contributed by atoms with Crippen molar-refractivity contribution in [2.45, 2.75) is 46.6 Å². The van der Waals surface area contributed by atoms with Gasteiger partial charge in [0.25, 0.3) is 0 Å². The zero-order valence-electron chi connectivity index (χ0n) is 8.48. The minimum Gasteiger partial charge on any atom is -0.353 e. The summed E-state index contributed by atoms with van der Waals surface area (Å²) < 4.78 is 0. The lowest BCUT2D eigenvalue weighted by Gasteiger charge is -2.32. The second-order valence-electron chi connectivity index (χ2n) is 4.52. The fourth-order valence-corrected chi connectivity index (χ4v) is 1.67. The molecule has 1 aliphatic carbocycles. The Hall–Kier alpha value is -0.530. The minimum atomic E-state index is 0.0798. The van der Waals surface area contributed by atoms with Crippen LogP contribution in [0.15, 0.2) is 0 Å². The number of hydrogen-bond acceptors (Lipinski definition) is 1. The summed E-state index contributed by atoms with van der Waals surface area (Å²) >= 11 is 0. The van der Waals surface area contributed by atoms with E-state index in [1.807, 2.05) is 0 Å². The molecule has 1 aliphatic rings. The lowest BCUT2D eigenvalue weighted by molar-refractivity contribution is -0.120. The van der Waals surface area contributed by atoms with Crippen LogP contribution in [0.5, 0.6) is 0 Å². The monoisotopic (exact) mass is 169 g/mol. The molecular weight excluding hydrogens is 150 g/mol. The van der Waals surface area contributed by atoms with Crippen LogP contribution >= 0.6 is 0 Å². The number of hydrogen-bond donors (Lipinski definition) is 1. The highest BCUT2D eigenvalue weighted by Gasteiger charge is 2.41. The van der Waals surface area contributed by atoms with E-state index < -0.39 is 0 Å². The molecule has 1 fully saturated rings. The molecule has 2 nitrogen and oxygen atoms in total. The van der Waals surface area contributed by atoms with Gasteiger partial charge >= 0.3 is 0 Å². The Morgan fingerprint density at radius 3 is 2.33 bits per heavy atom. The van der Waals surface area contributed by atoms with Crippen LogP contribution < -0.4 is 5.32 Å². The molecule has 1 amide bonds. The highest BCUT2D eigenvalue weighted by molar-refractivity contribution is 5.73. The van der Waals surface area contributed by atoms with Gasteiger partial charge in [0, 0.05) is 13.0 Å². The van der Waals surface area contributed by atoms with E-state index in [1.165, 1.54) is 12.8 Å². The maximum absolute atomic E-state index is 10.8. The molecule has 0 radical (unpaired) electrons. The van der Waals surface area contributed by atoms with Gasteiger partial charge in [0.15, 0.2) is 0 Å². The average Bonchev–Trinajstić information content (AvgIpc) is 2.65. The molecule has 0 aromatic rings. The zero-order valence-corrected chi connectivity index (χ0v) is 8.48. The van der Waals surface area contributed by atoms with Crippen molar-refractivity contribution < 1.29 is 4.79 Å². The Morgan fingerprint density at radius 1 is 1.50 bits per heavy atom. The van der Waals surface area contributed by atoms with Crippen LogP contribution in [-0.2, 0) is 4.79 Å². The van der Waals surface area contributed by atoms with Gasteiger partial charge in [0.05, 0.1) is 0 Å². The smallest absolute Gasteiger partial charge is 0.217 e. The summed E-state index contributed by atoms with van der Waals surface area (Å²) in [6.07, 6.45) is 2.66. The number of rotatable bonds is 3. The van der Waals surface area contributed by atoms with Gasteiger partial charge in [-0.1, -0.05) is 13.8 Å². The molecule has 12 heavy (non-hydrogen) atoms. The average molecular weight is 169 g/mol. The Kier molecular flexibility index (Phi) is 2.45. The minimum absolute atomic E-state index is 0.0798. The van der Waals surface area contributed by atoms with Crippen molar-refractivity contribution in [2.75, 3.05) is 0 Å². The molecule has 0 saturated heterocycles. The predicted molar refractivity (Wildman–Crippen MR) is 49.8 cm³/mol. The lowest BCUT2D eigenvalue weighted by atomic mass is 9.80. The van der Waals surface area contributed by atoms with Crippen molar-refractivity contribution in [2.24, 2.45) is 11.3 Å². The van der Waals surface area contributed by atoms with E-state index in [2.05, 4.69) is 26.1 Å². The highest BCUT2D eigenvalue weighted by Crippen LogP contribution is 2.47. The summed E-state index contributed by atoms with van der Waals surface area (Å²) in [5.41, 5.74) is 0.270. The third-order valence-corrected chi connectivity index (χ3v) is 3.17. The normalized spacial score (nSPS) is 20.3. The summed E-state index contributed by atoms with van der Waals surface area (Å²) in [7, 11) is 0. The molecule has 0 aromatic heterocycles. The first kappa shape index (κ1) is 9.56. The largest absolute Gasteiger partial charge is 0.353 e. The molecule has 2 heteroatoms. The van der Waals surface area contributed by atoms with Crippen LogP contribution in [0.25, 0.3) is 0 Å². The van der Waals surface area contributed by atoms with Crippen molar-refractivity contribution in [3.63, 3.8) is 0 Å². The van der Waals surface area contributed by atoms with Crippen LogP contribution in [0.2, 0.25) is 0 Å². The van der Waals surface area contributed by atoms with Gasteiger partial charge in [0.2, 0.25) is 5.91 Å². The summed E-state index contributed by atoms with van der Waals surface area (Å²) in [5, 5.41) is 2.97. The first-order valence-corrected chi connectivity index (χ1v) is 4.71. The van der Waals surface area contributed by atoms with Crippen molar-refractivity contribution in [3.8, 4) is 0 Å². The second kappa shape index (κ2) is 3.08. The summed E-state index contributed by atoms with van der Waals surface area (Å²) in [6.45, 7) is 8.16. The third kappa shape index (κ3) is 1.99. The van der Waals surface area contributed by atoms with E-state index in [4.69, 9.17) is 0 Å². The van der Waals surface area contributed by atoms with E-state index in [9.17, 15) is 4.79 Å². The maximum atomic E-state index is 10.8. The van der Waals surface area contributed by atoms with Crippen LogP contribution in [0.1, 0.15) is 40.5 Å². The van der Waals surface area contributed by atoms with Crippen molar-refractivity contribution in [1.29, 1.82) is 0 Å². The molecule has 1 atom stereocenters. The Morgan fingerprint density at radius 2 is 2.00 bits per heavy atom. The number of carbonyl (C=O) groups is 1. The van der Waals surface area contributed by atoms with Gasteiger partial charge in [0.1, 0.15) is 0 Å². The summed E-state index contributed by atoms with van der Waals surface area (Å²) in [6, 6.07) is 0.294. The van der Waals surface area contributed by atoms with Crippen LogP contribution in [0.3, 0.4) is 0 Å². The highest BCUT2D eigenvalue weighted by atomic mass is 16.1. The lowest BCUT2D eigenvalue weighted by Crippen LogP contribution is -2.43. The summed E-state index contributed by atoms with van der Waals surface area (Å²) in [4.78, 5) is 10.8. The Bertz CT molecular complexity index is 182. The van der Waals surface area contributed by atoms with Gasteiger partial charge in [-0.2, -0.15) is 0 Å². The summed E-state index contributed by atoms with van der Waals surface area (Å²) in [5.74, 6) is 0.899. The van der Waals surface area contributed by atoms with E-state index in [-0.39, 0.29) is 11.3 Å². The first-order chi connectivity index (χ1) is 5.44. The fourth-order valence-electron chi connectivity index (χ4n) is 1.67. The molecule has 0 heterocycles. The SMILES string of the molecule is CC(=O)N[C@@H](C)C(C)(C)C1CC1.